The van der Waals surface area contributed by atoms with Crippen molar-refractivity contribution >= 4 is 11.6 Å². The average Bonchev–Trinajstić information content (AvgIpc) is 3.52. The van der Waals surface area contributed by atoms with Crippen LogP contribution in [0.1, 0.15) is 38.9 Å². The first-order valence-electron chi connectivity index (χ1n) is 10.8. The molecule has 1 aliphatic rings. The van der Waals surface area contributed by atoms with Crippen molar-refractivity contribution in [3.8, 4) is 11.5 Å². The van der Waals surface area contributed by atoms with E-state index in [9.17, 15) is 4.79 Å². The Balaban J connectivity index is 1.26. The van der Waals surface area contributed by atoms with Gasteiger partial charge in [0.1, 0.15) is 23.0 Å². The highest BCUT2D eigenvalue weighted by Crippen LogP contribution is 2.30. The highest BCUT2D eigenvalue weighted by molar-refractivity contribution is 5.94. The van der Waals surface area contributed by atoms with E-state index in [0.717, 1.165) is 48.0 Å². The number of rotatable bonds is 6. The van der Waals surface area contributed by atoms with Crippen LogP contribution in [0.3, 0.4) is 0 Å². The lowest BCUT2D eigenvalue weighted by Gasteiger charge is -2.17. The molecule has 6 heteroatoms. The summed E-state index contributed by atoms with van der Waals surface area (Å²) < 4.78 is 11.4. The van der Waals surface area contributed by atoms with Crippen molar-refractivity contribution in [1.82, 2.24) is 10.3 Å². The molecular formula is C26H25N3O3. The summed E-state index contributed by atoms with van der Waals surface area (Å²) in [6, 6.07) is 19.6. The molecule has 0 unspecified atom stereocenters. The number of hydrogen-bond acceptors (Lipinski definition) is 5. The lowest BCUT2D eigenvalue weighted by molar-refractivity contribution is 0.0948. The minimum atomic E-state index is -0.150. The van der Waals surface area contributed by atoms with E-state index in [4.69, 9.17) is 13.8 Å². The van der Waals surface area contributed by atoms with E-state index in [1.807, 2.05) is 38.1 Å². The zero-order valence-corrected chi connectivity index (χ0v) is 18.2. The van der Waals surface area contributed by atoms with E-state index in [0.29, 0.717) is 18.0 Å². The van der Waals surface area contributed by atoms with Crippen LogP contribution in [0, 0.1) is 13.8 Å². The maximum atomic E-state index is 12.4. The lowest BCUT2D eigenvalue weighted by atomic mass is 10.1. The van der Waals surface area contributed by atoms with Crippen LogP contribution in [0.4, 0.5) is 5.69 Å². The maximum Gasteiger partial charge on any atom is 0.251 e. The number of fused-ring (bicyclic) bond motifs is 1. The Morgan fingerprint density at radius 1 is 1.03 bits per heavy atom. The van der Waals surface area contributed by atoms with E-state index in [1.54, 1.807) is 12.1 Å². The number of anilines is 1. The molecule has 4 aromatic rings. The summed E-state index contributed by atoms with van der Waals surface area (Å²) in [5, 5.41) is 2.87. The van der Waals surface area contributed by atoms with Crippen LogP contribution in [0.2, 0.25) is 0 Å². The summed E-state index contributed by atoms with van der Waals surface area (Å²) in [4.78, 5) is 19.5. The van der Waals surface area contributed by atoms with Gasteiger partial charge in [-0.25, -0.2) is 4.98 Å². The highest BCUT2D eigenvalue weighted by atomic mass is 16.4. The number of nitrogens with one attached hydrogen (secondary N) is 1. The Labute approximate surface area is 186 Å². The normalized spacial score (nSPS) is 12.8. The zero-order valence-electron chi connectivity index (χ0n) is 18.2. The van der Waals surface area contributed by atoms with E-state index >= 15 is 0 Å². The first-order chi connectivity index (χ1) is 15.6. The molecule has 0 atom stereocenters. The fourth-order valence-electron chi connectivity index (χ4n) is 4.06. The minimum absolute atomic E-state index is 0.150. The molecule has 0 spiro atoms. The zero-order chi connectivity index (χ0) is 22.1. The average molecular weight is 428 g/mol. The van der Waals surface area contributed by atoms with Gasteiger partial charge in [-0.2, -0.15) is 0 Å². The monoisotopic (exact) mass is 427 g/mol. The molecule has 2 aromatic heterocycles. The van der Waals surface area contributed by atoms with Gasteiger partial charge in [0.15, 0.2) is 0 Å². The Morgan fingerprint density at radius 2 is 1.84 bits per heavy atom. The largest absolute Gasteiger partial charge is 0.465 e. The van der Waals surface area contributed by atoms with Crippen LogP contribution in [0.15, 0.2) is 69.5 Å². The summed E-state index contributed by atoms with van der Waals surface area (Å²) in [6.45, 7) is 5.90. The molecule has 0 saturated heterocycles. The molecule has 162 valence electrons. The molecule has 0 radical (unpaired) electrons. The molecule has 5 rings (SSSR count). The number of para-hydroxylation sites is 1. The standard InChI is InChI=1S/C26H25N3O3/c1-17-7-12-22(31-17)15-27-25(30)20-8-10-21(11-9-20)26-28-23(18(2)32-26)16-29-14-13-19-5-3-4-6-24(19)29/h3-12H,13-16H2,1-2H3,(H,27,30). The van der Waals surface area contributed by atoms with Crippen LogP contribution < -0.4 is 10.2 Å². The van der Waals surface area contributed by atoms with Crippen molar-refractivity contribution < 1.29 is 13.6 Å². The van der Waals surface area contributed by atoms with E-state index in [-0.39, 0.29) is 5.91 Å². The van der Waals surface area contributed by atoms with Gasteiger partial charge < -0.3 is 19.1 Å². The molecule has 2 aromatic carbocycles. The molecule has 0 aliphatic carbocycles. The first kappa shape index (κ1) is 20.1. The molecule has 1 amide bonds. The smallest absolute Gasteiger partial charge is 0.251 e. The molecule has 1 N–H and O–H groups in total. The van der Waals surface area contributed by atoms with E-state index in [1.165, 1.54) is 11.3 Å². The van der Waals surface area contributed by atoms with E-state index < -0.39 is 0 Å². The Kier molecular flexibility index (Phi) is 5.27. The van der Waals surface area contributed by atoms with Crippen LogP contribution in [-0.4, -0.2) is 17.4 Å². The van der Waals surface area contributed by atoms with Crippen LogP contribution >= 0.6 is 0 Å². The van der Waals surface area contributed by atoms with Gasteiger partial charge in [-0.3, -0.25) is 4.79 Å². The van der Waals surface area contributed by atoms with Crippen molar-refractivity contribution in [2.45, 2.75) is 33.4 Å². The van der Waals surface area contributed by atoms with Gasteiger partial charge in [0.25, 0.3) is 5.91 Å². The number of aromatic nitrogens is 1. The SMILES string of the molecule is Cc1ccc(CNC(=O)c2ccc(-c3nc(CN4CCc5ccccc54)c(C)o3)cc2)o1. The number of carbonyl (C=O) groups is 1. The van der Waals surface area contributed by atoms with Crippen molar-refractivity contribution in [2.75, 3.05) is 11.4 Å². The molecule has 0 fully saturated rings. The van der Waals surface area contributed by atoms with Crippen molar-refractivity contribution in [1.29, 1.82) is 0 Å². The molecule has 3 heterocycles. The molecule has 32 heavy (non-hydrogen) atoms. The summed E-state index contributed by atoms with van der Waals surface area (Å²) in [5.74, 6) is 2.80. The van der Waals surface area contributed by atoms with Crippen LogP contribution in [0.5, 0.6) is 0 Å². The fraction of sp³-hybridized carbons (Fsp3) is 0.231. The number of aryl methyl sites for hydroxylation is 2. The van der Waals surface area contributed by atoms with Gasteiger partial charge in [0.05, 0.1) is 13.1 Å². The molecule has 6 nitrogen and oxygen atoms in total. The highest BCUT2D eigenvalue weighted by Gasteiger charge is 2.21. The third-order valence-corrected chi connectivity index (χ3v) is 5.83. The van der Waals surface area contributed by atoms with Crippen molar-refractivity contribution in [3.05, 3.63) is 94.8 Å². The Hall–Kier alpha value is -3.80. The Morgan fingerprint density at radius 3 is 2.62 bits per heavy atom. The van der Waals surface area contributed by atoms with Gasteiger partial charge in [0.2, 0.25) is 5.89 Å². The Bertz CT molecular complexity index is 1250. The maximum absolute atomic E-state index is 12.4. The molecule has 1 aliphatic heterocycles. The number of amides is 1. The number of benzene rings is 2. The minimum Gasteiger partial charge on any atom is -0.465 e. The molecule has 0 saturated carbocycles. The molecule has 0 bridgehead atoms. The quantitative estimate of drug-likeness (QED) is 0.467. The van der Waals surface area contributed by atoms with Gasteiger partial charge in [-0.1, -0.05) is 18.2 Å². The molecular weight excluding hydrogens is 402 g/mol. The second-order valence-corrected chi connectivity index (χ2v) is 8.09. The topological polar surface area (TPSA) is 71.5 Å². The summed E-state index contributed by atoms with van der Waals surface area (Å²) in [5.41, 5.74) is 5.02. The number of hydrogen-bond donors (Lipinski definition) is 1. The lowest BCUT2D eigenvalue weighted by Crippen LogP contribution is -2.22. The number of oxazole rings is 1. The number of nitrogens with zero attached hydrogens (tertiary/aromatic N) is 2. The number of furan rings is 1. The van der Waals surface area contributed by atoms with Crippen LogP contribution in [-0.2, 0) is 19.5 Å². The predicted octanol–water partition coefficient (Wildman–Crippen LogP) is 5.04. The van der Waals surface area contributed by atoms with Crippen molar-refractivity contribution in [2.24, 2.45) is 0 Å². The second kappa shape index (κ2) is 8.38. The second-order valence-electron chi connectivity index (χ2n) is 8.09. The van der Waals surface area contributed by atoms with Crippen molar-refractivity contribution in [3.63, 3.8) is 0 Å². The van der Waals surface area contributed by atoms with Crippen LogP contribution in [0.25, 0.3) is 11.5 Å². The van der Waals surface area contributed by atoms with Gasteiger partial charge >= 0.3 is 0 Å². The third-order valence-electron chi connectivity index (χ3n) is 5.83. The third kappa shape index (κ3) is 4.04. The predicted molar refractivity (Wildman–Crippen MR) is 122 cm³/mol. The summed E-state index contributed by atoms with van der Waals surface area (Å²) >= 11 is 0. The van der Waals surface area contributed by atoms with Gasteiger partial charge in [-0.05, 0) is 68.3 Å². The summed E-state index contributed by atoms with van der Waals surface area (Å²) in [6.07, 6.45) is 1.06. The number of carbonyl (C=O) groups excluding carboxylic acids is 1. The first-order valence-corrected chi connectivity index (χ1v) is 10.8. The van der Waals surface area contributed by atoms with E-state index in [2.05, 4.69) is 34.5 Å². The summed E-state index contributed by atoms with van der Waals surface area (Å²) in [7, 11) is 0. The van der Waals surface area contributed by atoms with Gasteiger partial charge in [0, 0.05) is 23.4 Å². The van der Waals surface area contributed by atoms with Gasteiger partial charge in [-0.15, -0.1) is 0 Å². The fourth-order valence-corrected chi connectivity index (χ4v) is 4.06.